The predicted octanol–water partition coefficient (Wildman–Crippen LogP) is 6.39. The highest BCUT2D eigenvalue weighted by Gasteiger charge is 2.25. The van der Waals surface area contributed by atoms with E-state index in [4.69, 9.17) is 9.47 Å². The number of ether oxygens (including phenoxy) is 2. The summed E-state index contributed by atoms with van der Waals surface area (Å²) < 4.78 is 25.8. The van der Waals surface area contributed by atoms with Crippen molar-refractivity contribution in [2.24, 2.45) is 5.92 Å². The van der Waals surface area contributed by atoms with E-state index in [2.05, 4.69) is 0 Å². The zero-order valence-corrected chi connectivity index (χ0v) is 18.5. The summed E-state index contributed by atoms with van der Waals surface area (Å²) >= 11 is 0. The fourth-order valence-electron chi connectivity index (χ4n) is 4.14. The van der Waals surface area contributed by atoms with Crippen molar-refractivity contribution in [2.75, 3.05) is 7.11 Å². The first kappa shape index (κ1) is 21.9. The molecule has 1 N–H and O–H groups in total. The zero-order valence-electron chi connectivity index (χ0n) is 18.5. The Morgan fingerprint density at radius 3 is 2.53 bits per heavy atom. The zero-order chi connectivity index (χ0) is 22.8. The number of aliphatic carboxylic acids is 1. The number of carbonyl (C=O) groups is 1. The lowest BCUT2D eigenvalue weighted by Crippen LogP contribution is -2.18. The maximum Gasteiger partial charge on any atom is 0.306 e. The summed E-state index contributed by atoms with van der Waals surface area (Å²) in [7, 11) is 1.56. The van der Waals surface area contributed by atoms with Crippen molar-refractivity contribution < 1.29 is 23.8 Å². The molecule has 0 amide bonds. The van der Waals surface area contributed by atoms with Gasteiger partial charge in [-0.15, -0.1) is 0 Å². The summed E-state index contributed by atoms with van der Waals surface area (Å²) in [6.45, 7) is 3.65. The molecule has 4 rings (SSSR count). The number of halogens is 1. The Bertz CT molecular complexity index is 1120. The molecule has 0 saturated carbocycles. The topological polar surface area (TPSA) is 55.8 Å². The summed E-state index contributed by atoms with van der Waals surface area (Å²) in [4.78, 5) is 11.4. The van der Waals surface area contributed by atoms with Crippen molar-refractivity contribution in [3.8, 4) is 22.6 Å². The first-order chi connectivity index (χ1) is 15.4. The summed E-state index contributed by atoms with van der Waals surface area (Å²) in [5, 5.41) is 9.33. The van der Waals surface area contributed by atoms with Gasteiger partial charge in [0.2, 0.25) is 0 Å². The SMILES string of the molecule is COc1ccc(F)c(-c2ccc(C3CCc4ccc(C(C)C(C)C(=O)O)cc4O3)cc2)c1. The highest BCUT2D eigenvalue weighted by atomic mass is 19.1. The second-order valence-electron chi connectivity index (χ2n) is 8.40. The quantitative estimate of drug-likeness (QED) is 0.488. The van der Waals surface area contributed by atoms with Gasteiger partial charge in [-0.2, -0.15) is 0 Å². The second-order valence-corrected chi connectivity index (χ2v) is 8.40. The van der Waals surface area contributed by atoms with E-state index in [1.54, 1.807) is 26.2 Å². The summed E-state index contributed by atoms with van der Waals surface area (Å²) in [6.07, 6.45) is 1.63. The van der Waals surface area contributed by atoms with Gasteiger partial charge in [-0.05, 0) is 65.3 Å². The fraction of sp³-hybridized carbons (Fsp3) is 0.296. The molecule has 32 heavy (non-hydrogen) atoms. The van der Waals surface area contributed by atoms with Gasteiger partial charge in [0.25, 0.3) is 0 Å². The highest BCUT2D eigenvalue weighted by molar-refractivity contribution is 5.71. The van der Waals surface area contributed by atoms with Crippen LogP contribution in [-0.2, 0) is 11.2 Å². The highest BCUT2D eigenvalue weighted by Crippen LogP contribution is 2.38. The molecule has 0 fully saturated rings. The van der Waals surface area contributed by atoms with Crippen molar-refractivity contribution in [3.63, 3.8) is 0 Å². The Labute approximate surface area is 187 Å². The maximum absolute atomic E-state index is 14.3. The lowest BCUT2D eigenvalue weighted by atomic mass is 9.87. The van der Waals surface area contributed by atoms with Crippen LogP contribution >= 0.6 is 0 Å². The van der Waals surface area contributed by atoms with E-state index in [0.29, 0.717) is 11.3 Å². The number of hydrogen-bond acceptors (Lipinski definition) is 3. The van der Waals surface area contributed by atoms with Gasteiger partial charge < -0.3 is 14.6 Å². The number of aryl methyl sites for hydroxylation is 1. The lowest BCUT2D eigenvalue weighted by molar-refractivity contribution is -0.141. The molecule has 3 aromatic rings. The minimum absolute atomic E-state index is 0.103. The molecule has 4 nitrogen and oxygen atoms in total. The van der Waals surface area contributed by atoms with Crippen LogP contribution in [0.15, 0.2) is 60.7 Å². The van der Waals surface area contributed by atoms with Gasteiger partial charge >= 0.3 is 5.97 Å². The maximum atomic E-state index is 14.3. The number of benzene rings is 3. The van der Waals surface area contributed by atoms with E-state index in [1.165, 1.54) is 6.07 Å². The third-order valence-electron chi connectivity index (χ3n) is 6.47. The Morgan fingerprint density at radius 1 is 1.09 bits per heavy atom. The average Bonchev–Trinajstić information content (AvgIpc) is 2.82. The number of fused-ring (bicyclic) bond motifs is 1. The monoisotopic (exact) mass is 434 g/mol. The molecule has 3 atom stereocenters. The Kier molecular flexibility index (Phi) is 6.17. The molecule has 1 heterocycles. The Hall–Kier alpha value is -3.34. The third-order valence-corrected chi connectivity index (χ3v) is 6.47. The fourth-order valence-corrected chi connectivity index (χ4v) is 4.14. The molecule has 3 aromatic carbocycles. The summed E-state index contributed by atoms with van der Waals surface area (Å²) in [6, 6.07) is 18.5. The Morgan fingerprint density at radius 2 is 1.84 bits per heavy atom. The van der Waals surface area contributed by atoms with E-state index in [9.17, 15) is 14.3 Å². The van der Waals surface area contributed by atoms with Crippen LogP contribution < -0.4 is 9.47 Å². The van der Waals surface area contributed by atoms with Gasteiger partial charge in [0, 0.05) is 5.56 Å². The Balaban J connectivity index is 1.55. The van der Waals surface area contributed by atoms with Crippen LogP contribution in [0.2, 0.25) is 0 Å². The van der Waals surface area contributed by atoms with E-state index >= 15 is 0 Å². The van der Waals surface area contributed by atoms with Crippen LogP contribution in [0.5, 0.6) is 11.5 Å². The van der Waals surface area contributed by atoms with Crippen molar-refractivity contribution in [3.05, 3.63) is 83.2 Å². The summed E-state index contributed by atoms with van der Waals surface area (Å²) in [5.74, 6) is -0.262. The molecular weight excluding hydrogens is 407 g/mol. The number of carboxylic acid groups (broad SMARTS) is 1. The van der Waals surface area contributed by atoms with Crippen LogP contribution in [0.3, 0.4) is 0 Å². The standard InChI is InChI=1S/C27H27FO4/c1-16(17(2)27(29)30)21-9-8-20-10-13-25(32-26(20)14-21)19-6-4-18(5-7-19)23-15-22(31-3)11-12-24(23)28/h4-9,11-12,14-17,25H,10,13H2,1-3H3,(H,29,30). The van der Waals surface area contributed by atoms with Gasteiger partial charge in [-0.3, -0.25) is 4.79 Å². The lowest BCUT2D eigenvalue weighted by Gasteiger charge is -2.28. The number of hydrogen-bond donors (Lipinski definition) is 1. The first-order valence-corrected chi connectivity index (χ1v) is 10.8. The number of rotatable bonds is 6. The van der Waals surface area contributed by atoms with Gasteiger partial charge in [0.05, 0.1) is 13.0 Å². The van der Waals surface area contributed by atoms with Crippen molar-refractivity contribution in [1.29, 1.82) is 0 Å². The van der Waals surface area contributed by atoms with Crippen LogP contribution in [-0.4, -0.2) is 18.2 Å². The summed E-state index contributed by atoms with van der Waals surface area (Å²) in [5.41, 5.74) is 4.40. The number of carboxylic acids is 1. The molecule has 5 heteroatoms. The average molecular weight is 435 g/mol. The normalized spacial score (nSPS) is 17.1. The van der Waals surface area contributed by atoms with Crippen LogP contribution in [0.4, 0.5) is 4.39 Å². The van der Waals surface area contributed by atoms with E-state index in [-0.39, 0.29) is 17.8 Å². The van der Waals surface area contributed by atoms with E-state index in [0.717, 1.165) is 40.8 Å². The molecule has 0 aliphatic carbocycles. The smallest absolute Gasteiger partial charge is 0.306 e. The molecule has 0 radical (unpaired) electrons. The molecule has 0 spiro atoms. The molecule has 3 unspecified atom stereocenters. The third kappa shape index (κ3) is 4.33. The van der Waals surface area contributed by atoms with Gasteiger partial charge in [0.15, 0.2) is 0 Å². The predicted molar refractivity (Wildman–Crippen MR) is 122 cm³/mol. The molecule has 0 aromatic heterocycles. The van der Waals surface area contributed by atoms with Gasteiger partial charge in [0.1, 0.15) is 23.4 Å². The second kappa shape index (κ2) is 9.03. The molecule has 1 aliphatic rings. The van der Waals surface area contributed by atoms with Gasteiger partial charge in [-0.1, -0.05) is 50.2 Å². The number of methoxy groups -OCH3 is 1. The largest absolute Gasteiger partial charge is 0.497 e. The molecule has 1 aliphatic heterocycles. The molecule has 0 bridgehead atoms. The molecule has 166 valence electrons. The minimum Gasteiger partial charge on any atom is -0.497 e. The van der Waals surface area contributed by atoms with Crippen LogP contribution in [0.1, 0.15) is 49.0 Å². The molecular formula is C27H27FO4. The van der Waals surface area contributed by atoms with Crippen molar-refractivity contribution in [2.45, 2.75) is 38.7 Å². The molecule has 0 saturated heterocycles. The van der Waals surface area contributed by atoms with E-state index in [1.807, 2.05) is 49.4 Å². The first-order valence-electron chi connectivity index (χ1n) is 10.8. The van der Waals surface area contributed by atoms with Crippen LogP contribution in [0, 0.1) is 11.7 Å². The van der Waals surface area contributed by atoms with Crippen molar-refractivity contribution in [1.82, 2.24) is 0 Å². The van der Waals surface area contributed by atoms with Crippen molar-refractivity contribution >= 4 is 5.97 Å². The van der Waals surface area contributed by atoms with Crippen LogP contribution in [0.25, 0.3) is 11.1 Å². The minimum atomic E-state index is -0.804. The van der Waals surface area contributed by atoms with E-state index < -0.39 is 11.9 Å². The van der Waals surface area contributed by atoms with Gasteiger partial charge in [-0.25, -0.2) is 4.39 Å².